The van der Waals surface area contributed by atoms with E-state index in [4.69, 9.17) is 17.5 Å². The summed E-state index contributed by atoms with van der Waals surface area (Å²) in [6.07, 6.45) is 0.952. The normalized spacial score (nSPS) is 16.6. The van der Waals surface area contributed by atoms with E-state index in [1.807, 2.05) is 12.1 Å². The molecule has 0 fully saturated rings. The van der Waals surface area contributed by atoms with Gasteiger partial charge in [0.05, 0.1) is 11.3 Å². The maximum Gasteiger partial charge on any atom is 0.121 e. The first-order valence-electron chi connectivity index (χ1n) is 5.96. The molecular formula is C15H12N2S. The number of fused-ring (bicyclic) bond motifs is 3. The lowest BCUT2D eigenvalue weighted by atomic mass is 9.82. The van der Waals surface area contributed by atoms with Crippen LogP contribution in [0.2, 0.25) is 0 Å². The third kappa shape index (κ3) is 1.58. The Morgan fingerprint density at radius 3 is 2.94 bits per heavy atom. The number of hydrogen-bond donors (Lipinski definition) is 1. The maximum absolute atomic E-state index is 9.04. The van der Waals surface area contributed by atoms with E-state index in [0.29, 0.717) is 16.1 Å². The first-order valence-corrected chi connectivity index (χ1v) is 6.37. The van der Waals surface area contributed by atoms with Crippen molar-refractivity contribution in [1.29, 1.82) is 5.26 Å². The van der Waals surface area contributed by atoms with Crippen molar-refractivity contribution in [3.63, 3.8) is 0 Å². The lowest BCUT2D eigenvalue weighted by Gasteiger charge is -2.25. The fourth-order valence-electron chi connectivity index (χ4n) is 2.65. The Hall–Kier alpha value is -1.92. The highest BCUT2D eigenvalue weighted by atomic mass is 32.1. The first-order chi connectivity index (χ1) is 8.70. The van der Waals surface area contributed by atoms with Crippen LogP contribution in [0.5, 0.6) is 0 Å². The van der Waals surface area contributed by atoms with Gasteiger partial charge in [-0.15, -0.1) is 0 Å². The average Bonchev–Trinajstić information content (AvgIpc) is 2.39. The molecular weight excluding hydrogens is 240 g/mol. The Labute approximate surface area is 111 Å². The van der Waals surface area contributed by atoms with Gasteiger partial charge in [0.15, 0.2) is 0 Å². The molecule has 0 bridgehead atoms. The van der Waals surface area contributed by atoms with Crippen molar-refractivity contribution in [3.05, 3.63) is 51.7 Å². The maximum atomic E-state index is 9.04. The summed E-state index contributed by atoms with van der Waals surface area (Å²) >= 11 is 5.22. The molecule has 2 aromatic rings. The number of rotatable bonds is 0. The number of pyridine rings is 1. The second kappa shape index (κ2) is 4.08. The second-order valence-electron chi connectivity index (χ2n) is 4.72. The molecule has 1 N–H and O–H groups in total. The van der Waals surface area contributed by atoms with E-state index in [2.05, 4.69) is 36.2 Å². The SMILES string of the molecule is CC1Cc2cc(C#N)c(=S)[nH]c2-c2ccccc21. The molecule has 1 aromatic carbocycles. The quantitative estimate of drug-likeness (QED) is 0.721. The molecule has 0 radical (unpaired) electrons. The molecule has 18 heavy (non-hydrogen) atoms. The lowest BCUT2D eigenvalue weighted by Crippen LogP contribution is -2.10. The van der Waals surface area contributed by atoms with E-state index in [-0.39, 0.29) is 0 Å². The number of nitrogens with one attached hydrogen (secondary N) is 1. The number of H-pyrrole nitrogens is 1. The number of nitriles is 1. The van der Waals surface area contributed by atoms with Crippen LogP contribution in [0.3, 0.4) is 0 Å². The van der Waals surface area contributed by atoms with Crippen LogP contribution in [0.25, 0.3) is 11.3 Å². The smallest absolute Gasteiger partial charge is 0.121 e. The molecule has 1 aromatic heterocycles. The minimum atomic E-state index is 0.476. The summed E-state index contributed by atoms with van der Waals surface area (Å²) in [5.41, 5.74) is 5.39. The third-order valence-corrected chi connectivity index (χ3v) is 3.85. The Morgan fingerprint density at radius 2 is 2.17 bits per heavy atom. The minimum absolute atomic E-state index is 0.476. The van der Waals surface area contributed by atoms with Gasteiger partial charge in [-0.25, -0.2) is 0 Å². The number of aromatic amines is 1. The van der Waals surface area contributed by atoms with Crippen LogP contribution in [-0.4, -0.2) is 4.98 Å². The summed E-state index contributed by atoms with van der Waals surface area (Å²) in [4.78, 5) is 3.22. The zero-order valence-electron chi connectivity index (χ0n) is 10.0. The van der Waals surface area contributed by atoms with Crippen LogP contribution < -0.4 is 0 Å². The molecule has 1 aliphatic rings. The summed E-state index contributed by atoms with van der Waals surface area (Å²) < 4.78 is 0.528. The Morgan fingerprint density at radius 1 is 1.39 bits per heavy atom. The molecule has 0 spiro atoms. The molecule has 1 aliphatic carbocycles. The number of nitrogens with zero attached hydrogens (tertiary/aromatic N) is 1. The van der Waals surface area contributed by atoms with Crippen molar-refractivity contribution >= 4 is 12.2 Å². The van der Waals surface area contributed by atoms with Crippen LogP contribution in [0.1, 0.15) is 29.5 Å². The molecule has 1 unspecified atom stereocenters. The van der Waals surface area contributed by atoms with Crippen molar-refractivity contribution in [3.8, 4) is 17.3 Å². The van der Waals surface area contributed by atoms with Crippen LogP contribution >= 0.6 is 12.2 Å². The zero-order chi connectivity index (χ0) is 12.7. The van der Waals surface area contributed by atoms with E-state index in [0.717, 1.165) is 12.1 Å². The van der Waals surface area contributed by atoms with E-state index in [9.17, 15) is 0 Å². The summed E-state index contributed by atoms with van der Waals surface area (Å²) in [6, 6.07) is 12.5. The molecule has 3 heteroatoms. The number of benzene rings is 1. The van der Waals surface area contributed by atoms with Gasteiger partial charge < -0.3 is 4.98 Å². The molecule has 0 aliphatic heterocycles. The zero-order valence-corrected chi connectivity index (χ0v) is 10.8. The van der Waals surface area contributed by atoms with Gasteiger partial charge in [-0.1, -0.05) is 43.4 Å². The molecule has 2 nitrogen and oxygen atoms in total. The van der Waals surface area contributed by atoms with E-state index in [1.165, 1.54) is 16.7 Å². The van der Waals surface area contributed by atoms with E-state index < -0.39 is 0 Å². The standard InChI is InChI=1S/C15H12N2S/c1-9-6-10-7-11(8-16)15(18)17-14(10)13-5-3-2-4-12(9)13/h2-5,7,9H,6H2,1H3,(H,17,18). The fraction of sp³-hybridized carbons (Fsp3) is 0.200. The molecule has 0 saturated heterocycles. The van der Waals surface area contributed by atoms with Crippen molar-refractivity contribution < 1.29 is 0 Å². The predicted molar refractivity (Wildman–Crippen MR) is 73.9 cm³/mol. The Kier molecular flexibility index (Phi) is 2.53. The first kappa shape index (κ1) is 11.2. The molecule has 1 heterocycles. The Bertz CT molecular complexity index is 722. The van der Waals surface area contributed by atoms with Gasteiger partial charge >= 0.3 is 0 Å². The summed E-state index contributed by atoms with van der Waals surface area (Å²) in [5.74, 6) is 0.476. The molecule has 3 rings (SSSR count). The van der Waals surface area contributed by atoms with E-state index >= 15 is 0 Å². The van der Waals surface area contributed by atoms with Crippen LogP contribution in [0.15, 0.2) is 30.3 Å². The van der Waals surface area contributed by atoms with Gasteiger partial charge in [0.2, 0.25) is 0 Å². The van der Waals surface area contributed by atoms with Crippen LogP contribution in [0, 0.1) is 16.0 Å². The summed E-state index contributed by atoms with van der Waals surface area (Å²) in [5, 5.41) is 9.04. The minimum Gasteiger partial charge on any atom is -0.345 e. The fourth-order valence-corrected chi connectivity index (χ4v) is 2.86. The molecule has 0 amide bonds. The molecule has 88 valence electrons. The summed E-state index contributed by atoms with van der Waals surface area (Å²) in [6.45, 7) is 2.22. The summed E-state index contributed by atoms with van der Waals surface area (Å²) in [7, 11) is 0. The predicted octanol–water partition coefficient (Wildman–Crippen LogP) is 3.94. The topological polar surface area (TPSA) is 39.6 Å². The molecule has 1 atom stereocenters. The average molecular weight is 252 g/mol. The van der Waals surface area contributed by atoms with E-state index in [1.54, 1.807) is 0 Å². The van der Waals surface area contributed by atoms with Gasteiger partial charge in [-0.3, -0.25) is 0 Å². The van der Waals surface area contributed by atoms with Gasteiger partial charge in [-0.05, 0) is 29.5 Å². The number of aromatic nitrogens is 1. The number of hydrogen-bond acceptors (Lipinski definition) is 2. The van der Waals surface area contributed by atoms with Gasteiger partial charge in [-0.2, -0.15) is 5.26 Å². The molecule has 0 saturated carbocycles. The Balaban J connectivity index is 2.33. The van der Waals surface area contributed by atoms with Crippen molar-refractivity contribution in [2.75, 3.05) is 0 Å². The lowest BCUT2D eigenvalue weighted by molar-refractivity contribution is 0.743. The largest absolute Gasteiger partial charge is 0.345 e. The van der Waals surface area contributed by atoms with Crippen LogP contribution in [-0.2, 0) is 6.42 Å². The third-order valence-electron chi connectivity index (χ3n) is 3.53. The highest BCUT2D eigenvalue weighted by Crippen LogP contribution is 2.38. The van der Waals surface area contributed by atoms with Gasteiger partial charge in [0.25, 0.3) is 0 Å². The van der Waals surface area contributed by atoms with Gasteiger partial charge in [0, 0.05) is 5.56 Å². The van der Waals surface area contributed by atoms with Crippen molar-refractivity contribution in [1.82, 2.24) is 4.98 Å². The second-order valence-corrected chi connectivity index (χ2v) is 5.12. The van der Waals surface area contributed by atoms with Crippen molar-refractivity contribution in [2.45, 2.75) is 19.3 Å². The highest BCUT2D eigenvalue weighted by molar-refractivity contribution is 7.71. The van der Waals surface area contributed by atoms with Crippen molar-refractivity contribution in [2.24, 2.45) is 0 Å². The highest BCUT2D eigenvalue weighted by Gasteiger charge is 2.22. The monoisotopic (exact) mass is 252 g/mol. The van der Waals surface area contributed by atoms with Gasteiger partial charge in [0.1, 0.15) is 10.7 Å². The van der Waals surface area contributed by atoms with Crippen LogP contribution in [0.4, 0.5) is 0 Å².